The minimum Gasteiger partial charge on any atom is -0.480 e. The quantitative estimate of drug-likeness (QED) is 0.308. The Labute approximate surface area is 204 Å². The summed E-state index contributed by atoms with van der Waals surface area (Å²) in [6.45, 7) is 3.78. The Morgan fingerprint density at radius 2 is 1.31 bits per heavy atom. The van der Waals surface area contributed by atoms with Crippen LogP contribution in [0, 0.1) is 12.3 Å². The summed E-state index contributed by atoms with van der Waals surface area (Å²) in [5.41, 5.74) is 1.09. The van der Waals surface area contributed by atoms with Crippen molar-refractivity contribution in [2.45, 2.75) is 83.0 Å². The largest absolute Gasteiger partial charge is 0.480 e. The summed E-state index contributed by atoms with van der Waals surface area (Å²) in [6, 6.07) is 4.19. The lowest BCUT2D eigenvalue weighted by molar-refractivity contribution is -0.146. The van der Waals surface area contributed by atoms with Crippen molar-refractivity contribution in [3.63, 3.8) is 0 Å². The molecule has 35 heavy (non-hydrogen) atoms. The number of unbranched alkanes of at least 4 members (excludes halogenated alkanes) is 2. The van der Waals surface area contributed by atoms with Gasteiger partial charge in [-0.1, -0.05) is 57.6 Å². The van der Waals surface area contributed by atoms with E-state index in [2.05, 4.69) is 16.6 Å². The molecule has 10 heteroatoms. The maximum Gasteiger partial charge on any atom is 0.326 e. The second-order valence-corrected chi connectivity index (χ2v) is 8.29. The Hall–Kier alpha value is -3.42. The SMILES string of the molecule is C#Cc1ccc(C2O[C@@H](C(=O)NC(CCCC)C(=O)O)[C@H](C(=O)N[C@@H](CCCC)C(=O)O)O2)cc1. The highest BCUT2D eigenvalue weighted by Gasteiger charge is 2.47. The molecular weight excluding hydrogens is 456 g/mol. The number of aliphatic carboxylic acids is 2. The third kappa shape index (κ3) is 7.80. The van der Waals surface area contributed by atoms with Gasteiger partial charge in [0.1, 0.15) is 12.1 Å². The molecule has 1 aliphatic heterocycles. The summed E-state index contributed by atoms with van der Waals surface area (Å²) in [5.74, 6) is -1.62. The number of rotatable bonds is 13. The molecule has 2 unspecified atom stereocenters. The smallest absolute Gasteiger partial charge is 0.326 e. The zero-order valence-corrected chi connectivity index (χ0v) is 19.9. The van der Waals surface area contributed by atoms with Crippen molar-refractivity contribution < 1.29 is 38.9 Å². The molecule has 1 fully saturated rings. The minimum absolute atomic E-state index is 0.205. The maximum absolute atomic E-state index is 13.0. The molecule has 2 rings (SSSR count). The molecule has 0 bridgehead atoms. The van der Waals surface area contributed by atoms with Crippen LogP contribution >= 0.6 is 0 Å². The van der Waals surface area contributed by atoms with Gasteiger partial charge in [-0.3, -0.25) is 9.59 Å². The number of nitrogens with one attached hydrogen (secondary N) is 2. The van der Waals surface area contributed by atoms with Crippen LogP contribution in [0.5, 0.6) is 0 Å². The fourth-order valence-corrected chi connectivity index (χ4v) is 3.57. The minimum atomic E-state index is -1.49. The van der Waals surface area contributed by atoms with Crippen molar-refractivity contribution in [3.8, 4) is 12.3 Å². The van der Waals surface area contributed by atoms with Gasteiger partial charge in [0.2, 0.25) is 0 Å². The van der Waals surface area contributed by atoms with Crippen LogP contribution in [0.2, 0.25) is 0 Å². The summed E-state index contributed by atoms with van der Waals surface area (Å²) in [6.07, 6.45) is 4.30. The number of amides is 2. The number of carboxylic acid groups (broad SMARTS) is 2. The van der Waals surface area contributed by atoms with E-state index in [1.54, 1.807) is 24.3 Å². The van der Waals surface area contributed by atoms with E-state index in [0.717, 1.165) is 12.8 Å². The van der Waals surface area contributed by atoms with Gasteiger partial charge in [-0.25, -0.2) is 9.59 Å². The van der Waals surface area contributed by atoms with Crippen molar-refractivity contribution in [2.75, 3.05) is 0 Å². The maximum atomic E-state index is 13.0. The number of hydrogen-bond donors (Lipinski definition) is 4. The van der Waals surface area contributed by atoms with E-state index in [4.69, 9.17) is 15.9 Å². The molecule has 0 aromatic heterocycles. The average Bonchev–Trinajstić information content (AvgIpc) is 3.29. The molecule has 5 atom stereocenters. The first-order valence-corrected chi connectivity index (χ1v) is 11.7. The molecule has 190 valence electrons. The molecule has 2 amide bonds. The average molecular weight is 489 g/mol. The van der Waals surface area contributed by atoms with E-state index >= 15 is 0 Å². The molecule has 4 N–H and O–H groups in total. The molecule has 1 aromatic carbocycles. The van der Waals surface area contributed by atoms with Crippen LogP contribution in [0.1, 0.15) is 69.8 Å². The predicted molar refractivity (Wildman–Crippen MR) is 125 cm³/mol. The zero-order valence-electron chi connectivity index (χ0n) is 19.9. The molecule has 1 aliphatic rings. The van der Waals surface area contributed by atoms with Crippen molar-refractivity contribution in [1.82, 2.24) is 10.6 Å². The molecule has 1 aromatic rings. The monoisotopic (exact) mass is 488 g/mol. The van der Waals surface area contributed by atoms with E-state index in [0.29, 0.717) is 24.0 Å². The van der Waals surface area contributed by atoms with Gasteiger partial charge < -0.3 is 30.3 Å². The van der Waals surface area contributed by atoms with Gasteiger partial charge in [-0.2, -0.15) is 0 Å². The fourth-order valence-electron chi connectivity index (χ4n) is 3.57. The lowest BCUT2D eigenvalue weighted by Crippen LogP contribution is -2.53. The van der Waals surface area contributed by atoms with E-state index < -0.39 is 54.3 Å². The van der Waals surface area contributed by atoms with Gasteiger partial charge in [0, 0.05) is 11.1 Å². The molecule has 1 heterocycles. The third-order valence-corrected chi connectivity index (χ3v) is 5.60. The second kappa shape index (κ2) is 13.5. The molecule has 10 nitrogen and oxygen atoms in total. The molecule has 0 spiro atoms. The Balaban J connectivity index is 2.26. The number of carbonyl (C=O) groups is 4. The molecule has 0 radical (unpaired) electrons. The van der Waals surface area contributed by atoms with Crippen LogP contribution in [0.25, 0.3) is 0 Å². The van der Waals surface area contributed by atoms with Crippen LogP contribution in [-0.4, -0.2) is 58.3 Å². The van der Waals surface area contributed by atoms with Crippen LogP contribution in [0.15, 0.2) is 24.3 Å². The number of benzene rings is 1. The fraction of sp³-hybridized carbons (Fsp3) is 0.520. The van der Waals surface area contributed by atoms with Gasteiger partial charge in [0.05, 0.1) is 0 Å². The molecule has 1 saturated heterocycles. The van der Waals surface area contributed by atoms with Gasteiger partial charge in [-0.15, -0.1) is 6.42 Å². The Morgan fingerprint density at radius 3 is 1.66 bits per heavy atom. The topological polar surface area (TPSA) is 151 Å². The Kier molecular flexibility index (Phi) is 10.7. The number of terminal acetylenes is 1. The van der Waals surface area contributed by atoms with Crippen LogP contribution in [0.4, 0.5) is 0 Å². The van der Waals surface area contributed by atoms with Crippen LogP contribution in [-0.2, 0) is 28.7 Å². The first-order chi connectivity index (χ1) is 16.7. The van der Waals surface area contributed by atoms with E-state index in [1.807, 2.05) is 13.8 Å². The van der Waals surface area contributed by atoms with Gasteiger partial charge in [-0.05, 0) is 25.0 Å². The highest BCUT2D eigenvalue weighted by atomic mass is 16.7. The van der Waals surface area contributed by atoms with Gasteiger partial charge >= 0.3 is 11.9 Å². The molecule has 0 saturated carbocycles. The van der Waals surface area contributed by atoms with Gasteiger partial charge in [0.15, 0.2) is 18.5 Å². The first kappa shape index (κ1) is 27.8. The first-order valence-electron chi connectivity index (χ1n) is 11.7. The number of hydrogen-bond acceptors (Lipinski definition) is 6. The van der Waals surface area contributed by atoms with E-state index in [1.165, 1.54) is 0 Å². The predicted octanol–water partition coefficient (Wildman–Crippen LogP) is 1.97. The number of ether oxygens (including phenoxy) is 2. The van der Waals surface area contributed by atoms with E-state index in [9.17, 15) is 29.4 Å². The Bertz CT molecular complexity index is 892. The van der Waals surface area contributed by atoms with Crippen molar-refractivity contribution in [1.29, 1.82) is 0 Å². The molecule has 0 aliphatic carbocycles. The lowest BCUT2D eigenvalue weighted by Gasteiger charge is -2.21. The van der Waals surface area contributed by atoms with Gasteiger partial charge in [0.25, 0.3) is 11.8 Å². The summed E-state index contributed by atoms with van der Waals surface area (Å²) >= 11 is 0. The Morgan fingerprint density at radius 1 is 0.886 bits per heavy atom. The van der Waals surface area contributed by atoms with Crippen molar-refractivity contribution >= 4 is 23.8 Å². The normalized spacial score (nSPS) is 20.9. The second-order valence-electron chi connectivity index (χ2n) is 8.29. The van der Waals surface area contributed by atoms with E-state index in [-0.39, 0.29) is 12.8 Å². The number of carboxylic acids is 2. The molecular formula is C25H32N2O8. The zero-order chi connectivity index (χ0) is 26.0. The standard InChI is InChI=1S/C25H32N2O8/c1-4-7-9-17(23(30)31)26-21(28)19-20(22(29)27-18(24(32)33)10-8-5-2)35-25(34-19)16-13-11-15(6-3)12-14-16/h3,11-14,17-20,25H,4-5,7-10H2,1-2H3,(H,26,28)(H,27,29)(H,30,31)(H,32,33)/t17-,18?,19+,20+,25?/m0/s1. The van der Waals surface area contributed by atoms with Crippen LogP contribution < -0.4 is 10.6 Å². The lowest BCUT2D eigenvalue weighted by atomic mass is 10.1. The summed E-state index contributed by atoms with van der Waals surface area (Å²) in [4.78, 5) is 49.2. The third-order valence-electron chi connectivity index (χ3n) is 5.60. The summed E-state index contributed by atoms with van der Waals surface area (Å²) in [5, 5.41) is 23.7. The highest BCUT2D eigenvalue weighted by Crippen LogP contribution is 2.32. The van der Waals surface area contributed by atoms with Crippen LogP contribution in [0.3, 0.4) is 0 Å². The van der Waals surface area contributed by atoms with Crippen molar-refractivity contribution in [3.05, 3.63) is 35.4 Å². The highest BCUT2D eigenvalue weighted by molar-refractivity contribution is 5.94. The van der Waals surface area contributed by atoms with Crippen molar-refractivity contribution in [2.24, 2.45) is 0 Å². The summed E-state index contributed by atoms with van der Waals surface area (Å²) < 4.78 is 11.5. The number of carbonyl (C=O) groups excluding carboxylic acids is 2. The summed E-state index contributed by atoms with van der Waals surface area (Å²) in [7, 11) is 0.